The van der Waals surface area contributed by atoms with Crippen molar-refractivity contribution in [2.45, 2.75) is 18.9 Å². The molecule has 4 rings (SSSR count). The van der Waals surface area contributed by atoms with Gasteiger partial charge in [-0.15, -0.1) is 0 Å². The van der Waals surface area contributed by atoms with E-state index in [4.69, 9.17) is 4.74 Å². The van der Waals surface area contributed by atoms with Crippen molar-refractivity contribution in [3.05, 3.63) is 82.9 Å². The first-order chi connectivity index (χ1) is 13.0. The highest BCUT2D eigenvalue weighted by molar-refractivity contribution is 6.03. The highest BCUT2D eigenvalue weighted by atomic mass is 16.5. The number of phenolic OH excluding ortho intramolecular Hbond substituents is 3. The molecule has 0 unspecified atom stereocenters. The first kappa shape index (κ1) is 17.0. The maximum atomic E-state index is 12.7. The Kier molecular flexibility index (Phi) is 4.20. The zero-order valence-electron chi connectivity index (χ0n) is 14.4. The molecule has 3 aromatic carbocycles. The Morgan fingerprint density at radius 1 is 0.926 bits per heavy atom. The number of fused-ring (bicyclic) bond motifs is 1. The molecule has 1 heterocycles. The second-order valence-corrected chi connectivity index (χ2v) is 6.55. The fourth-order valence-electron chi connectivity index (χ4n) is 3.38. The third-order valence-corrected chi connectivity index (χ3v) is 4.80. The molecule has 3 aromatic rings. The molecule has 1 aliphatic heterocycles. The van der Waals surface area contributed by atoms with E-state index in [-0.39, 0.29) is 52.7 Å². The summed E-state index contributed by atoms with van der Waals surface area (Å²) < 4.78 is 5.89. The molecule has 0 spiro atoms. The van der Waals surface area contributed by atoms with Crippen molar-refractivity contribution in [3.8, 4) is 23.0 Å². The van der Waals surface area contributed by atoms with Crippen LogP contribution in [0.4, 0.5) is 0 Å². The molecule has 0 aliphatic carbocycles. The van der Waals surface area contributed by atoms with Crippen molar-refractivity contribution in [1.29, 1.82) is 0 Å². The number of hydrogen-bond donors (Lipinski definition) is 3. The van der Waals surface area contributed by atoms with Crippen molar-refractivity contribution >= 4 is 5.78 Å². The highest BCUT2D eigenvalue weighted by Crippen LogP contribution is 2.45. The molecule has 0 radical (unpaired) electrons. The fraction of sp³-hybridized carbons (Fsp3) is 0.136. The van der Waals surface area contributed by atoms with Crippen LogP contribution in [0.2, 0.25) is 0 Å². The Balaban J connectivity index is 1.73. The molecular weight excluding hydrogens is 344 g/mol. The number of para-hydroxylation sites is 1. The second-order valence-electron chi connectivity index (χ2n) is 6.55. The molecule has 0 saturated heterocycles. The molecule has 5 nitrogen and oxygen atoms in total. The maximum absolute atomic E-state index is 12.7. The predicted molar refractivity (Wildman–Crippen MR) is 99.4 cm³/mol. The van der Waals surface area contributed by atoms with E-state index in [9.17, 15) is 20.1 Å². The molecule has 1 aliphatic rings. The van der Waals surface area contributed by atoms with Gasteiger partial charge in [0.15, 0.2) is 5.78 Å². The molecule has 0 bridgehead atoms. The van der Waals surface area contributed by atoms with Crippen LogP contribution in [0.15, 0.2) is 60.7 Å². The summed E-state index contributed by atoms with van der Waals surface area (Å²) in [4.78, 5) is 12.7. The van der Waals surface area contributed by atoms with E-state index < -0.39 is 6.10 Å². The molecule has 0 aromatic heterocycles. The van der Waals surface area contributed by atoms with Crippen molar-refractivity contribution in [2.75, 3.05) is 0 Å². The molecule has 0 fully saturated rings. The molecule has 3 N–H and O–H groups in total. The topological polar surface area (TPSA) is 87.0 Å². The zero-order chi connectivity index (χ0) is 19.0. The van der Waals surface area contributed by atoms with Crippen LogP contribution in [0.3, 0.4) is 0 Å². The lowest BCUT2D eigenvalue weighted by Crippen LogP contribution is -2.21. The van der Waals surface area contributed by atoms with E-state index in [1.807, 2.05) is 30.3 Å². The molecule has 136 valence electrons. The monoisotopic (exact) mass is 362 g/mol. The Morgan fingerprint density at radius 2 is 1.63 bits per heavy atom. The van der Waals surface area contributed by atoms with Gasteiger partial charge in [0.05, 0.1) is 6.42 Å². The first-order valence-corrected chi connectivity index (χ1v) is 8.64. The second kappa shape index (κ2) is 6.68. The summed E-state index contributed by atoms with van der Waals surface area (Å²) in [6, 6.07) is 17.4. The van der Waals surface area contributed by atoms with Gasteiger partial charge in [0.2, 0.25) is 0 Å². The van der Waals surface area contributed by atoms with Gasteiger partial charge in [-0.05, 0) is 17.2 Å². The van der Waals surface area contributed by atoms with Gasteiger partial charge in [0.25, 0.3) is 0 Å². The summed E-state index contributed by atoms with van der Waals surface area (Å²) in [5.41, 5.74) is 1.65. The number of carbonyl (C=O) groups excluding carboxylic acids is 1. The number of Topliss-reactive ketones (excluding diaryl/α,β-unsaturated/α-hetero) is 1. The van der Waals surface area contributed by atoms with E-state index in [2.05, 4.69) is 0 Å². The maximum Gasteiger partial charge on any atom is 0.174 e. The predicted octanol–water partition coefficient (Wildman–Crippen LogP) is 4.10. The summed E-state index contributed by atoms with van der Waals surface area (Å²) in [7, 11) is 0. The average molecular weight is 362 g/mol. The zero-order valence-corrected chi connectivity index (χ0v) is 14.4. The van der Waals surface area contributed by atoms with Gasteiger partial charge in [0.1, 0.15) is 34.7 Å². The Morgan fingerprint density at radius 3 is 2.37 bits per heavy atom. The SMILES string of the molecule is O=C1C[C@@H](c2ccccc2)Oc2cc(O)c(Cc3ccccc3O)c(O)c21. The Hall–Kier alpha value is -3.47. The third-order valence-electron chi connectivity index (χ3n) is 4.80. The standard InChI is InChI=1S/C22H18O5/c23-16-9-5-4-8-14(16)10-15-17(24)11-20-21(22(15)26)18(25)12-19(27-20)13-6-2-1-3-7-13/h1-9,11,19,23-24,26H,10,12H2/t19-/m0/s1. The van der Waals surface area contributed by atoms with Crippen LogP contribution in [-0.4, -0.2) is 21.1 Å². The number of carbonyl (C=O) groups is 1. The lowest BCUT2D eigenvalue weighted by atomic mass is 9.92. The van der Waals surface area contributed by atoms with Crippen LogP contribution < -0.4 is 4.74 Å². The summed E-state index contributed by atoms with van der Waals surface area (Å²) in [6.07, 6.45) is -0.271. The molecule has 0 saturated carbocycles. The third kappa shape index (κ3) is 3.08. The van der Waals surface area contributed by atoms with Crippen molar-refractivity contribution < 1.29 is 24.9 Å². The fourth-order valence-corrected chi connectivity index (χ4v) is 3.38. The number of rotatable bonds is 3. The number of ketones is 1. The molecule has 1 atom stereocenters. The minimum Gasteiger partial charge on any atom is -0.508 e. The van der Waals surface area contributed by atoms with Crippen LogP contribution in [0.25, 0.3) is 0 Å². The quantitative estimate of drug-likeness (QED) is 0.653. The molecular formula is C22H18O5. The van der Waals surface area contributed by atoms with E-state index in [0.29, 0.717) is 5.56 Å². The minimum absolute atomic E-state index is 0.0562. The van der Waals surface area contributed by atoms with Gasteiger partial charge in [-0.3, -0.25) is 4.79 Å². The number of aromatic hydroxyl groups is 3. The summed E-state index contributed by atoms with van der Waals surface area (Å²) >= 11 is 0. The Bertz CT molecular complexity index is 1010. The lowest BCUT2D eigenvalue weighted by molar-refractivity contribution is 0.0844. The van der Waals surface area contributed by atoms with Gasteiger partial charge < -0.3 is 20.1 Å². The first-order valence-electron chi connectivity index (χ1n) is 8.64. The summed E-state index contributed by atoms with van der Waals surface area (Å²) in [5, 5.41) is 31.0. The molecule has 0 amide bonds. The highest BCUT2D eigenvalue weighted by Gasteiger charge is 2.32. The van der Waals surface area contributed by atoms with Crippen LogP contribution in [0, 0.1) is 0 Å². The average Bonchev–Trinajstić information content (AvgIpc) is 2.66. The van der Waals surface area contributed by atoms with Gasteiger partial charge in [0, 0.05) is 18.1 Å². The van der Waals surface area contributed by atoms with E-state index in [0.717, 1.165) is 5.56 Å². The number of benzene rings is 3. The van der Waals surface area contributed by atoms with Crippen LogP contribution in [-0.2, 0) is 6.42 Å². The normalized spacial score (nSPS) is 15.9. The summed E-state index contributed by atoms with van der Waals surface area (Å²) in [6.45, 7) is 0. The van der Waals surface area contributed by atoms with E-state index in [1.54, 1.807) is 18.2 Å². The molecule has 27 heavy (non-hydrogen) atoms. The van der Waals surface area contributed by atoms with Gasteiger partial charge in [-0.2, -0.15) is 0 Å². The van der Waals surface area contributed by atoms with Gasteiger partial charge >= 0.3 is 0 Å². The van der Waals surface area contributed by atoms with Crippen LogP contribution in [0.1, 0.15) is 39.6 Å². The largest absolute Gasteiger partial charge is 0.508 e. The molecule has 5 heteroatoms. The van der Waals surface area contributed by atoms with Gasteiger partial charge in [-0.25, -0.2) is 0 Å². The van der Waals surface area contributed by atoms with E-state index in [1.165, 1.54) is 12.1 Å². The van der Waals surface area contributed by atoms with Crippen molar-refractivity contribution in [2.24, 2.45) is 0 Å². The van der Waals surface area contributed by atoms with Crippen LogP contribution >= 0.6 is 0 Å². The Labute approximate surface area is 156 Å². The lowest BCUT2D eigenvalue weighted by Gasteiger charge is -2.27. The van der Waals surface area contributed by atoms with Crippen molar-refractivity contribution in [1.82, 2.24) is 0 Å². The number of ether oxygens (including phenoxy) is 1. The summed E-state index contributed by atoms with van der Waals surface area (Å²) in [5.74, 6) is -0.515. The van der Waals surface area contributed by atoms with Crippen molar-refractivity contribution in [3.63, 3.8) is 0 Å². The minimum atomic E-state index is -0.464. The van der Waals surface area contributed by atoms with Crippen LogP contribution in [0.5, 0.6) is 23.0 Å². The number of hydrogen-bond acceptors (Lipinski definition) is 5. The smallest absolute Gasteiger partial charge is 0.174 e. The number of phenols is 3. The van der Waals surface area contributed by atoms with E-state index >= 15 is 0 Å². The van der Waals surface area contributed by atoms with Gasteiger partial charge in [-0.1, -0.05) is 48.5 Å².